The Labute approximate surface area is 112 Å². The SMILES string of the molecule is CCC(C)[C@H](c1ccc([N+](=O)[O-])o1)N1CCNCC1. The van der Waals surface area contributed by atoms with Crippen LogP contribution in [0.2, 0.25) is 0 Å². The Balaban J connectivity index is 2.22. The first kappa shape index (κ1) is 14.0. The van der Waals surface area contributed by atoms with Crippen LogP contribution < -0.4 is 5.32 Å². The molecule has 19 heavy (non-hydrogen) atoms. The minimum atomic E-state index is -0.477. The van der Waals surface area contributed by atoms with E-state index in [0.29, 0.717) is 11.7 Å². The molecule has 1 fully saturated rings. The average Bonchev–Trinajstić information content (AvgIpc) is 2.89. The highest BCUT2D eigenvalue weighted by Gasteiger charge is 2.30. The van der Waals surface area contributed by atoms with Gasteiger partial charge in [-0.15, -0.1) is 0 Å². The molecular formula is C13H21N3O3. The predicted molar refractivity (Wildman–Crippen MR) is 72.0 cm³/mol. The van der Waals surface area contributed by atoms with Gasteiger partial charge in [-0.2, -0.15) is 0 Å². The molecule has 0 amide bonds. The van der Waals surface area contributed by atoms with Gasteiger partial charge in [-0.1, -0.05) is 20.3 Å². The molecule has 6 heteroatoms. The first-order valence-corrected chi connectivity index (χ1v) is 6.82. The summed E-state index contributed by atoms with van der Waals surface area (Å²) in [7, 11) is 0. The van der Waals surface area contributed by atoms with Crippen molar-refractivity contribution >= 4 is 5.88 Å². The lowest BCUT2D eigenvalue weighted by molar-refractivity contribution is -0.402. The average molecular weight is 267 g/mol. The van der Waals surface area contributed by atoms with E-state index >= 15 is 0 Å². The van der Waals surface area contributed by atoms with Crippen molar-refractivity contribution in [2.24, 2.45) is 5.92 Å². The molecule has 0 spiro atoms. The van der Waals surface area contributed by atoms with Gasteiger partial charge >= 0.3 is 5.88 Å². The van der Waals surface area contributed by atoms with Crippen LogP contribution in [-0.2, 0) is 0 Å². The van der Waals surface area contributed by atoms with E-state index in [-0.39, 0.29) is 11.9 Å². The summed E-state index contributed by atoms with van der Waals surface area (Å²) < 4.78 is 5.42. The molecule has 0 bridgehead atoms. The second-order valence-corrected chi connectivity index (χ2v) is 5.05. The Bertz CT molecular complexity index is 427. The Morgan fingerprint density at radius 1 is 1.47 bits per heavy atom. The van der Waals surface area contributed by atoms with E-state index in [9.17, 15) is 10.1 Å². The van der Waals surface area contributed by atoms with Crippen LogP contribution >= 0.6 is 0 Å². The van der Waals surface area contributed by atoms with E-state index in [0.717, 1.165) is 32.6 Å². The molecule has 0 saturated carbocycles. The largest absolute Gasteiger partial charge is 0.433 e. The molecule has 0 aliphatic carbocycles. The Morgan fingerprint density at radius 3 is 2.68 bits per heavy atom. The minimum Gasteiger partial charge on any atom is -0.404 e. The van der Waals surface area contributed by atoms with Crippen LogP contribution in [0.5, 0.6) is 0 Å². The minimum absolute atomic E-state index is 0.126. The van der Waals surface area contributed by atoms with Crippen molar-refractivity contribution in [1.82, 2.24) is 10.2 Å². The number of nitro groups is 1. The third kappa shape index (κ3) is 3.13. The smallest absolute Gasteiger partial charge is 0.404 e. The van der Waals surface area contributed by atoms with Crippen molar-refractivity contribution < 1.29 is 9.34 Å². The maximum atomic E-state index is 10.7. The quantitative estimate of drug-likeness (QED) is 0.654. The van der Waals surface area contributed by atoms with Gasteiger partial charge in [0.1, 0.15) is 10.7 Å². The van der Waals surface area contributed by atoms with E-state index in [1.54, 1.807) is 6.07 Å². The van der Waals surface area contributed by atoms with E-state index in [4.69, 9.17) is 4.42 Å². The molecule has 2 atom stereocenters. The summed E-state index contributed by atoms with van der Waals surface area (Å²) in [5.41, 5.74) is 0. The lowest BCUT2D eigenvalue weighted by atomic mass is 9.95. The van der Waals surface area contributed by atoms with Gasteiger partial charge in [0.25, 0.3) is 0 Å². The highest BCUT2D eigenvalue weighted by Crippen LogP contribution is 2.33. The third-order valence-electron chi connectivity index (χ3n) is 3.81. The monoisotopic (exact) mass is 267 g/mol. The van der Waals surface area contributed by atoms with Gasteiger partial charge in [-0.05, 0) is 12.0 Å². The van der Waals surface area contributed by atoms with Gasteiger partial charge in [0.2, 0.25) is 0 Å². The molecular weight excluding hydrogens is 246 g/mol. The van der Waals surface area contributed by atoms with Crippen LogP contribution in [0.1, 0.15) is 32.1 Å². The third-order valence-corrected chi connectivity index (χ3v) is 3.81. The van der Waals surface area contributed by atoms with Crippen LogP contribution in [0.4, 0.5) is 5.88 Å². The lowest BCUT2D eigenvalue weighted by Crippen LogP contribution is -2.46. The molecule has 1 saturated heterocycles. The summed E-state index contributed by atoms with van der Waals surface area (Å²) in [4.78, 5) is 12.6. The molecule has 6 nitrogen and oxygen atoms in total. The van der Waals surface area contributed by atoms with Crippen molar-refractivity contribution in [3.63, 3.8) is 0 Å². The molecule has 2 heterocycles. The fourth-order valence-electron chi connectivity index (χ4n) is 2.60. The zero-order valence-corrected chi connectivity index (χ0v) is 11.5. The lowest BCUT2D eigenvalue weighted by Gasteiger charge is -2.36. The molecule has 1 unspecified atom stereocenters. The van der Waals surface area contributed by atoms with Gasteiger partial charge in [-0.25, -0.2) is 0 Å². The summed E-state index contributed by atoms with van der Waals surface area (Å²) in [6, 6.07) is 3.32. The number of rotatable bonds is 5. The number of nitrogens with one attached hydrogen (secondary N) is 1. The first-order chi connectivity index (χ1) is 9.13. The van der Waals surface area contributed by atoms with Gasteiger partial charge in [0.15, 0.2) is 0 Å². The van der Waals surface area contributed by atoms with Crippen molar-refractivity contribution in [2.75, 3.05) is 26.2 Å². The molecule has 1 aliphatic rings. The molecule has 0 aromatic carbocycles. The Kier molecular flexibility index (Phi) is 4.55. The molecule has 2 rings (SSSR count). The predicted octanol–water partition coefficient (Wildman–Crippen LogP) is 2.18. The fourth-order valence-corrected chi connectivity index (χ4v) is 2.60. The molecule has 106 valence electrons. The summed E-state index contributed by atoms with van der Waals surface area (Å²) in [5.74, 6) is 0.949. The van der Waals surface area contributed by atoms with Crippen LogP contribution in [0.25, 0.3) is 0 Å². The van der Waals surface area contributed by atoms with E-state index in [1.165, 1.54) is 6.07 Å². The van der Waals surface area contributed by atoms with Crippen molar-refractivity contribution in [2.45, 2.75) is 26.3 Å². The van der Waals surface area contributed by atoms with Gasteiger partial charge < -0.3 is 9.73 Å². The normalized spacial score (nSPS) is 20.1. The molecule has 1 aromatic heterocycles. The highest BCUT2D eigenvalue weighted by molar-refractivity contribution is 5.20. The summed E-state index contributed by atoms with van der Waals surface area (Å²) in [6.07, 6.45) is 1.02. The zero-order chi connectivity index (χ0) is 13.8. The maximum absolute atomic E-state index is 10.7. The number of hydrogen-bond donors (Lipinski definition) is 1. The van der Waals surface area contributed by atoms with E-state index in [2.05, 4.69) is 24.1 Å². The summed E-state index contributed by atoms with van der Waals surface area (Å²) in [6.45, 7) is 8.11. The number of hydrogen-bond acceptors (Lipinski definition) is 5. The second-order valence-electron chi connectivity index (χ2n) is 5.05. The highest BCUT2D eigenvalue weighted by atomic mass is 16.6. The van der Waals surface area contributed by atoms with Crippen molar-refractivity contribution in [3.8, 4) is 0 Å². The molecule has 1 N–H and O–H groups in total. The number of nitrogens with zero attached hydrogens (tertiary/aromatic N) is 2. The van der Waals surface area contributed by atoms with E-state index in [1.807, 2.05) is 0 Å². The standard InChI is InChI=1S/C13H21N3O3/c1-3-10(2)13(15-8-6-14-7-9-15)11-4-5-12(19-11)16(17)18/h4-5,10,13-14H,3,6-9H2,1-2H3/t10?,13-/m1/s1. The van der Waals surface area contributed by atoms with Crippen LogP contribution in [0, 0.1) is 16.0 Å². The van der Waals surface area contributed by atoms with E-state index < -0.39 is 4.92 Å². The van der Waals surface area contributed by atoms with Gasteiger partial charge in [-0.3, -0.25) is 15.0 Å². The van der Waals surface area contributed by atoms with Gasteiger partial charge in [0, 0.05) is 26.2 Å². The van der Waals surface area contributed by atoms with Gasteiger partial charge in [0.05, 0.1) is 12.1 Å². The summed E-state index contributed by atoms with van der Waals surface area (Å²) >= 11 is 0. The zero-order valence-electron chi connectivity index (χ0n) is 11.5. The fraction of sp³-hybridized carbons (Fsp3) is 0.692. The summed E-state index contributed by atoms with van der Waals surface area (Å²) in [5, 5.41) is 14.1. The topological polar surface area (TPSA) is 71.5 Å². The molecule has 0 radical (unpaired) electrons. The van der Waals surface area contributed by atoms with Crippen molar-refractivity contribution in [3.05, 3.63) is 28.0 Å². The Hall–Kier alpha value is -1.40. The van der Waals surface area contributed by atoms with Crippen molar-refractivity contribution in [1.29, 1.82) is 0 Å². The molecule has 1 aromatic rings. The molecule has 1 aliphatic heterocycles. The number of piperazine rings is 1. The second kappa shape index (κ2) is 6.16. The number of furan rings is 1. The first-order valence-electron chi connectivity index (χ1n) is 6.82. The van der Waals surface area contributed by atoms with Crippen LogP contribution in [0.15, 0.2) is 16.5 Å². The Morgan fingerprint density at radius 2 is 2.16 bits per heavy atom. The maximum Gasteiger partial charge on any atom is 0.433 e. The van der Waals surface area contributed by atoms with Crippen LogP contribution in [0.3, 0.4) is 0 Å². The van der Waals surface area contributed by atoms with Crippen LogP contribution in [-0.4, -0.2) is 36.0 Å².